The lowest BCUT2D eigenvalue weighted by atomic mass is 10.3. The maximum absolute atomic E-state index is 5.64. The molecule has 9 heavy (non-hydrogen) atoms. The van der Waals surface area contributed by atoms with E-state index < -0.39 is 0 Å². The van der Waals surface area contributed by atoms with Crippen molar-refractivity contribution in [2.45, 2.75) is 38.2 Å². The molecule has 0 aromatic heterocycles. The van der Waals surface area contributed by atoms with Gasteiger partial charge >= 0.3 is 0 Å². The topological polar surface area (TPSA) is 9.23 Å². The van der Waals surface area contributed by atoms with Crippen molar-refractivity contribution in [3.63, 3.8) is 0 Å². The SMILES string of the molecule is C[C@@H]1CCSC(C)(C)O1. The van der Waals surface area contributed by atoms with Crippen molar-refractivity contribution in [1.82, 2.24) is 0 Å². The predicted octanol–water partition coefficient (Wildman–Crippen LogP) is 2.26. The van der Waals surface area contributed by atoms with Crippen LogP contribution in [0.5, 0.6) is 0 Å². The van der Waals surface area contributed by atoms with Crippen LogP contribution in [0.3, 0.4) is 0 Å². The Labute approximate surface area is 61.2 Å². The van der Waals surface area contributed by atoms with Gasteiger partial charge in [-0.2, -0.15) is 0 Å². The summed E-state index contributed by atoms with van der Waals surface area (Å²) in [6.07, 6.45) is 1.66. The van der Waals surface area contributed by atoms with Gasteiger partial charge in [0.05, 0.1) is 6.10 Å². The van der Waals surface area contributed by atoms with Crippen LogP contribution in [-0.4, -0.2) is 16.8 Å². The zero-order valence-corrected chi connectivity index (χ0v) is 7.12. The largest absolute Gasteiger partial charge is 0.362 e. The molecule has 0 N–H and O–H groups in total. The Balaban J connectivity index is 2.41. The molecule has 0 spiro atoms. The highest BCUT2D eigenvalue weighted by atomic mass is 32.2. The summed E-state index contributed by atoms with van der Waals surface area (Å²) in [6, 6.07) is 0. The minimum atomic E-state index is 0.0671. The lowest BCUT2D eigenvalue weighted by Crippen LogP contribution is -2.31. The molecule has 1 saturated heterocycles. The van der Waals surface area contributed by atoms with Gasteiger partial charge in [-0.1, -0.05) is 0 Å². The Bertz CT molecular complexity index is 101. The molecule has 0 amide bonds. The first-order valence-corrected chi connectivity index (χ1v) is 4.40. The normalized spacial score (nSPS) is 34.3. The van der Waals surface area contributed by atoms with E-state index in [-0.39, 0.29) is 4.93 Å². The van der Waals surface area contributed by atoms with Gasteiger partial charge in [-0.3, -0.25) is 0 Å². The van der Waals surface area contributed by atoms with E-state index in [1.165, 1.54) is 12.2 Å². The summed E-state index contributed by atoms with van der Waals surface area (Å²) in [6.45, 7) is 6.40. The zero-order chi connectivity index (χ0) is 6.91. The molecule has 0 saturated carbocycles. The van der Waals surface area contributed by atoms with Gasteiger partial charge in [0.25, 0.3) is 0 Å². The molecule has 0 unspecified atom stereocenters. The first-order valence-electron chi connectivity index (χ1n) is 3.42. The number of rotatable bonds is 0. The van der Waals surface area contributed by atoms with Crippen LogP contribution in [0.2, 0.25) is 0 Å². The molecule has 0 bridgehead atoms. The monoisotopic (exact) mass is 146 g/mol. The molecule has 0 aromatic carbocycles. The first kappa shape index (κ1) is 7.42. The predicted molar refractivity (Wildman–Crippen MR) is 41.7 cm³/mol. The lowest BCUT2D eigenvalue weighted by molar-refractivity contribution is -0.0123. The van der Waals surface area contributed by atoms with Crippen molar-refractivity contribution >= 4 is 11.8 Å². The zero-order valence-electron chi connectivity index (χ0n) is 6.31. The average molecular weight is 146 g/mol. The maximum atomic E-state index is 5.64. The molecule has 1 fully saturated rings. The van der Waals surface area contributed by atoms with E-state index >= 15 is 0 Å². The average Bonchev–Trinajstić information content (AvgIpc) is 1.60. The van der Waals surface area contributed by atoms with E-state index in [9.17, 15) is 0 Å². The summed E-state index contributed by atoms with van der Waals surface area (Å²) in [4.78, 5) is 0.0671. The minimum absolute atomic E-state index is 0.0671. The highest BCUT2D eigenvalue weighted by molar-refractivity contribution is 8.00. The van der Waals surface area contributed by atoms with Crippen LogP contribution in [-0.2, 0) is 4.74 Å². The third kappa shape index (κ3) is 2.18. The van der Waals surface area contributed by atoms with E-state index in [1.807, 2.05) is 11.8 Å². The summed E-state index contributed by atoms with van der Waals surface area (Å²) >= 11 is 1.90. The summed E-state index contributed by atoms with van der Waals surface area (Å²) in [7, 11) is 0. The van der Waals surface area contributed by atoms with E-state index in [1.54, 1.807) is 0 Å². The molecule has 0 aromatic rings. The molecule has 1 rings (SSSR count). The van der Waals surface area contributed by atoms with Crippen LogP contribution in [0.4, 0.5) is 0 Å². The molecule has 1 aliphatic heterocycles. The summed E-state index contributed by atoms with van der Waals surface area (Å²) in [5.41, 5.74) is 0. The highest BCUT2D eigenvalue weighted by Gasteiger charge is 2.26. The van der Waals surface area contributed by atoms with E-state index in [0.29, 0.717) is 6.10 Å². The minimum Gasteiger partial charge on any atom is -0.362 e. The number of hydrogen-bond donors (Lipinski definition) is 0. The van der Waals surface area contributed by atoms with Crippen molar-refractivity contribution in [1.29, 1.82) is 0 Å². The molecular formula is C7H14OS. The lowest BCUT2D eigenvalue weighted by Gasteiger charge is -2.33. The van der Waals surface area contributed by atoms with Crippen molar-refractivity contribution < 1.29 is 4.74 Å². The van der Waals surface area contributed by atoms with Crippen molar-refractivity contribution in [2.24, 2.45) is 0 Å². The second-order valence-corrected chi connectivity index (χ2v) is 4.65. The fourth-order valence-electron chi connectivity index (χ4n) is 1.05. The third-order valence-electron chi connectivity index (χ3n) is 1.46. The molecule has 1 heterocycles. The molecule has 0 radical (unpaired) electrons. The smallest absolute Gasteiger partial charge is 0.108 e. The van der Waals surface area contributed by atoms with Crippen molar-refractivity contribution in [3.05, 3.63) is 0 Å². The number of hydrogen-bond acceptors (Lipinski definition) is 2. The van der Waals surface area contributed by atoms with Gasteiger partial charge < -0.3 is 4.74 Å². The van der Waals surface area contributed by atoms with Crippen LogP contribution < -0.4 is 0 Å². The quantitative estimate of drug-likeness (QED) is 0.518. The highest BCUT2D eigenvalue weighted by Crippen LogP contribution is 2.33. The van der Waals surface area contributed by atoms with Crippen LogP contribution in [0, 0.1) is 0 Å². The molecule has 0 aliphatic carbocycles. The second kappa shape index (κ2) is 2.51. The molecular weight excluding hydrogens is 132 g/mol. The molecule has 1 aliphatic rings. The van der Waals surface area contributed by atoms with E-state index in [2.05, 4.69) is 20.8 Å². The van der Waals surface area contributed by atoms with Crippen LogP contribution >= 0.6 is 11.8 Å². The second-order valence-electron chi connectivity index (χ2n) is 2.97. The Kier molecular flexibility index (Phi) is 2.07. The van der Waals surface area contributed by atoms with E-state index in [4.69, 9.17) is 4.74 Å². The first-order chi connectivity index (χ1) is 4.10. The van der Waals surface area contributed by atoms with Crippen LogP contribution in [0.1, 0.15) is 27.2 Å². The number of thioether (sulfide) groups is 1. The Hall–Kier alpha value is 0.310. The van der Waals surface area contributed by atoms with Gasteiger partial charge in [-0.05, 0) is 32.9 Å². The fourth-order valence-corrected chi connectivity index (χ4v) is 2.22. The summed E-state index contributed by atoms with van der Waals surface area (Å²) < 4.78 is 5.64. The van der Waals surface area contributed by atoms with E-state index in [0.717, 1.165) is 0 Å². The van der Waals surface area contributed by atoms with Gasteiger partial charge in [0, 0.05) is 0 Å². The van der Waals surface area contributed by atoms with Crippen LogP contribution in [0.15, 0.2) is 0 Å². The van der Waals surface area contributed by atoms with Gasteiger partial charge in [0.15, 0.2) is 0 Å². The van der Waals surface area contributed by atoms with Crippen molar-refractivity contribution in [3.8, 4) is 0 Å². The summed E-state index contributed by atoms with van der Waals surface area (Å²) in [5.74, 6) is 1.24. The summed E-state index contributed by atoms with van der Waals surface area (Å²) in [5, 5.41) is 0. The molecule has 1 atom stereocenters. The van der Waals surface area contributed by atoms with Gasteiger partial charge in [0.1, 0.15) is 4.93 Å². The number of ether oxygens (including phenoxy) is 1. The van der Waals surface area contributed by atoms with Crippen LogP contribution in [0.25, 0.3) is 0 Å². The molecule has 2 heteroatoms. The van der Waals surface area contributed by atoms with Gasteiger partial charge in [-0.15, -0.1) is 11.8 Å². The maximum Gasteiger partial charge on any atom is 0.108 e. The Morgan fingerprint density at radius 2 is 2.22 bits per heavy atom. The van der Waals surface area contributed by atoms with Gasteiger partial charge in [0.2, 0.25) is 0 Å². The Morgan fingerprint density at radius 1 is 1.56 bits per heavy atom. The fraction of sp³-hybridized carbons (Fsp3) is 1.00. The van der Waals surface area contributed by atoms with Crippen molar-refractivity contribution in [2.75, 3.05) is 5.75 Å². The standard InChI is InChI=1S/C7H14OS/c1-6-4-5-9-7(2,3)8-6/h6H,4-5H2,1-3H3/t6-/m1/s1. The third-order valence-corrected chi connectivity index (χ3v) is 2.69. The molecule has 1 nitrogen and oxygen atoms in total. The Morgan fingerprint density at radius 3 is 2.56 bits per heavy atom. The van der Waals surface area contributed by atoms with Gasteiger partial charge in [-0.25, -0.2) is 0 Å². The molecule has 54 valence electrons.